The Morgan fingerprint density at radius 1 is 1.06 bits per heavy atom. The Balaban J connectivity index is 2.80. The van der Waals surface area contributed by atoms with Crippen LogP contribution in [0.4, 0.5) is 0 Å². The Morgan fingerprint density at radius 2 is 1.72 bits per heavy atom. The molecule has 0 aliphatic carbocycles. The molecule has 0 amide bonds. The number of rotatable bonds is 8. The summed E-state index contributed by atoms with van der Waals surface area (Å²) in [7, 11) is 0. The van der Waals surface area contributed by atoms with Gasteiger partial charge in [0.1, 0.15) is 6.10 Å². The summed E-state index contributed by atoms with van der Waals surface area (Å²) < 4.78 is 11.7. The highest BCUT2D eigenvalue weighted by Gasteiger charge is 2.35. The lowest BCUT2D eigenvalue weighted by molar-refractivity contribution is -0.0782. The SMILES string of the molecule is CCO[C](Cc1ccccc1)C(C)(CC)OCC. The van der Waals surface area contributed by atoms with Gasteiger partial charge in [-0.05, 0) is 32.8 Å². The maximum absolute atomic E-state index is 5.90. The maximum Gasteiger partial charge on any atom is 0.133 e. The lowest BCUT2D eigenvalue weighted by atomic mass is 9.90. The average Bonchev–Trinajstić information content (AvgIpc) is 2.39. The molecule has 0 aromatic heterocycles. The van der Waals surface area contributed by atoms with Gasteiger partial charge in [0.05, 0.1) is 5.60 Å². The lowest BCUT2D eigenvalue weighted by Gasteiger charge is -2.35. The molecule has 0 saturated carbocycles. The third-order valence-electron chi connectivity index (χ3n) is 3.25. The third kappa shape index (κ3) is 4.11. The minimum atomic E-state index is -0.291. The lowest BCUT2D eigenvalue weighted by Crippen LogP contribution is -2.38. The molecule has 1 atom stereocenters. The van der Waals surface area contributed by atoms with Crippen LogP contribution in [-0.4, -0.2) is 18.8 Å². The van der Waals surface area contributed by atoms with Crippen molar-refractivity contribution in [3.8, 4) is 0 Å². The van der Waals surface area contributed by atoms with E-state index < -0.39 is 0 Å². The van der Waals surface area contributed by atoms with Gasteiger partial charge in [-0.1, -0.05) is 37.3 Å². The van der Waals surface area contributed by atoms with E-state index in [0.717, 1.165) is 18.9 Å². The zero-order chi connectivity index (χ0) is 13.4. The highest BCUT2D eigenvalue weighted by molar-refractivity contribution is 5.20. The van der Waals surface area contributed by atoms with E-state index in [9.17, 15) is 0 Å². The normalized spacial score (nSPS) is 14.7. The predicted molar refractivity (Wildman–Crippen MR) is 75.3 cm³/mol. The van der Waals surface area contributed by atoms with E-state index in [1.807, 2.05) is 19.9 Å². The Hall–Kier alpha value is -0.860. The van der Waals surface area contributed by atoms with Crippen LogP contribution in [0.5, 0.6) is 0 Å². The molecule has 0 fully saturated rings. The van der Waals surface area contributed by atoms with E-state index >= 15 is 0 Å². The van der Waals surface area contributed by atoms with Crippen LogP contribution in [0, 0.1) is 6.10 Å². The van der Waals surface area contributed by atoms with Gasteiger partial charge < -0.3 is 9.47 Å². The topological polar surface area (TPSA) is 18.5 Å². The first-order valence-electron chi connectivity index (χ1n) is 6.83. The van der Waals surface area contributed by atoms with Crippen molar-refractivity contribution in [3.63, 3.8) is 0 Å². The molecule has 1 unspecified atom stereocenters. The summed E-state index contributed by atoms with van der Waals surface area (Å²) in [6.45, 7) is 9.69. The summed E-state index contributed by atoms with van der Waals surface area (Å²) in [4.78, 5) is 0. The Bertz CT molecular complexity index is 323. The number of ether oxygens (including phenoxy) is 2. The molecule has 0 N–H and O–H groups in total. The van der Waals surface area contributed by atoms with Gasteiger partial charge in [0.2, 0.25) is 0 Å². The monoisotopic (exact) mass is 249 g/mol. The van der Waals surface area contributed by atoms with Crippen LogP contribution in [0.25, 0.3) is 0 Å². The van der Waals surface area contributed by atoms with Crippen LogP contribution < -0.4 is 0 Å². The summed E-state index contributed by atoms with van der Waals surface area (Å²) in [5, 5.41) is 0. The van der Waals surface area contributed by atoms with Crippen LogP contribution in [0.2, 0.25) is 0 Å². The molecule has 0 saturated heterocycles. The molecule has 0 bridgehead atoms. The van der Waals surface area contributed by atoms with E-state index in [0.29, 0.717) is 13.2 Å². The molecular weight excluding hydrogens is 224 g/mol. The van der Waals surface area contributed by atoms with Gasteiger partial charge in [0.15, 0.2) is 0 Å². The van der Waals surface area contributed by atoms with Crippen molar-refractivity contribution in [2.45, 2.75) is 46.1 Å². The second-order valence-electron chi connectivity index (χ2n) is 4.54. The fourth-order valence-corrected chi connectivity index (χ4v) is 2.04. The Kier molecular flexibility index (Phi) is 6.37. The number of hydrogen-bond donors (Lipinski definition) is 0. The molecule has 1 rings (SSSR count). The van der Waals surface area contributed by atoms with Gasteiger partial charge in [-0.15, -0.1) is 0 Å². The third-order valence-corrected chi connectivity index (χ3v) is 3.25. The number of benzene rings is 1. The average molecular weight is 249 g/mol. The van der Waals surface area contributed by atoms with Crippen LogP contribution in [0.15, 0.2) is 30.3 Å². The molecule has 2 nitrogen and oxygen atoms in total. The molecule has 1 aromatic carbocycles. The molecule has 0 aliphatic heterocycles. The van der Waals surface area contributed by atoms with Gasteiger partial charge in [-0.2, -0.15) is 0 Å². The standard InChI is InChI=1S/C16H25O2/c1-5-16(4,18-7-3)15(17-6-2)13-14-11-9-8-10-12-14/h8-12H,5-7,13H2,1-4H3. The zero-order valence-corrected chi connectivity index (χ0v) is 12.0. The Labute approximate surface area is 111 Å². The molecule has 2 heteroatoms. The molecule has 101 valence electrons. The summed E-state index contributed by atoms with van der Waals surface area (Å²) in [6.07, 6.45) is 2.77. The van der Waals surface area contributed by atoms with Crippen molar-refractivity contribution in [1.29, 1.82) is 0 Å². The van der Waals surface area contributed by atoms with E-state index in [1.165, 1.54) is 5.56 Å². The zero-order valence-electron chi connectivity index (χ0n) is 12.0. The molecule has 0 aliphatic rings. The van der Waals surface area contributed by atoms with Crippen LogP contribution in [-0.2, 0) is 15.9 Å². The van der Waals surface area contributed by atoms with Crippen molar-refractivity contribution in [3.05, 3.63) is 42.0 Å². The quantitative estimate of drug-likeness (QED) is 0.693. The predicted octanol–water partition coefficient (Wildman–Crippen LogP) is 4.00. The van der Waals surface area contributed by atoms with Crippen molar-refractivity contribution < 1.29 is 9.47 Å². The van der Waals surface area contributed by atoms with Gasteiger partial charge >= 0.3 is 0 Å². The van der Waals surface area contributed by atoms with Crippen LogP contribution in [0.3, 0.4) is 0 Å². The van der Waals surface area contributed by atoms with Gasteiger partial charge in [-0.25, -0.2) is 0 Å². The van der Waals surface area contributed by atoms with E-state index in [4.69, 9.17) is 9.47 Å². The highest BCUT2D eigenvalue weighted by atomic mass is 16.5. The smallest absolute Gasteiger partial charge is 0.133 e. The summed E-state index contributed by atoms with van der Waals surface area (Å²) >= 11 is 0. The van der Waals surface area contributed by atoms with Crippen molar-refractivity contribution >= 4 is 0 Å². The van der Waals surface area contributed by atoms with Crippen molar-refractivity contribution in [2.24, 2.45) is 0 Å². The van der Waals surface area contributed by atoms with Gasteiger partial charge in [0.25, 0.3) is 0 Å². The minimum Gasteiger partial charge on any atom is -0.372 e. The van der Waals surface area contributed by atoms with E-state index in [-0.39, 0.29) is 5.60 Å². The van der Waals surface area contributed by atoms with Crippen LogP contribution >= 0.6 is 0 Å². The summed E-state index contributed by atoms with van der Waals surface area (Å²) in [5.74, 6) is 0. The fraction of sp³-hybridized carbons (Fsp3) is 0.562. The first-order valence-corrected chi connectivity index (χ1v) is 6.83. The maximum atomic E-state index is 5.90. The first-order chi connectivity index (χ1) is 8.66. The molecule has 18 heavy (non-hydrogen) atoms. The molecule has 0 heterocycles. The number of hydrogen-bond acceptors (Lipinski definition) is 2. The first kappa shape index (κ1) is 15.2. The van der Waals surface area contributed by atoms with Gasteiger partial charge in [-0.3, -0.25) is 0 Å². The van der Waals surface area contributed by atoms with Crippen molar-refractivity contribution in [1.82, 2.24) is 0 Å². The minimum absolute atomic E-state index is 0.291. The largest absolute Gasteiger partial charge is 0.372 e. The second kappa shape index (κ2) is 7.55. The Morgan fingerprint density at radius 3 is 2.22 bits per heavy atom. The fourth-order valence-electron chi connectivity index (χ4n) is 2.04. The molecule has 0 spiro atoms. The molecule has 1 radical (unpaired) electrons. The van der Waals surface area contributed by atoms with Crippen molar-refractivity contribution in [2.75, 3.05) is 13.2 Å². The highest BCUT2D eigenvalue weighted by Crippen LogP contribution is 2.31. The van der Waals surface area contributed by atoms with E-state index in [2.05, 4.69) is 38.1 Å². The molecule has 1 aromatic rings. The van der Waals surface area contributed by atoms with Gasteiger partial charge in [0, 0.05) is 19.6 Å². The summed E-state index contributed by atoms with van der Waals surface area (Å²) in [5.41, 5.74) is 0.973. The van der Waals surface area contributed by atoms with E-state index in [1.54, 1.807) is 0 Å². The van der Waals surface area contributed by atoms with Crippen LogP contribution in [0.1, 0.15) is 39.7 Å². The summed E-state index contributed by atoms with van der Waals surface area (Å²) in [6, 6.07) is 10.4. The molecular formula is C16H25O2. The second-order valence-corrected chi connectivity index (χ2v) is 4.54.